The maximum absolute atomic E-state index is 13.4. The van der Waals surface area contributed by atoms with Crippen molar-refractivity contribution in [2.24, 2.45) is 0 Å². The molecule has 0 radical (unpaired) electrons. The second kappa shape index (κ2) is 9.17. The maximum atomic E-state index is 13.4. The zero-order valence-electron chi connectivity index (χ0n) is 17.9. The molecule has 0 unspecified atom stereocenters. The highest BCUT2D eigenvalue weighted by Gasteiger charge is 2.33. The minimum absolute atomic E-state index is 0.0327. The molecule has 0 saturated carbocycles. The van der Waals surface area contributed by atoms with Gasteiger partial charge in [-0.05, 0) is 38.0 Å². The van der Waals surface area contributed by atoms with E-state index in [-0.39, 0.29) is 27.3 Å². The zero-order valence-corrected chi connectivity index (χ0v) is 19.5. The van der Waals surface area contributed by atoms with Crippen LogP contribution in [0.2, 0.25) is 5.02 Å². The molecule has 2 aromatic carbocycles. The van der Waals surface area contributed by atoms with Crippen LogP contribution in [0.5, 0.6) is 17.2 Å². The second-order valence-electron chi connectivity index (χ2n) is 7.76. The fraction of sp³-hybridized carbons (Fsp3) is 0.409. The van der Waals surface area contributed by atoms with Crippen molar-refractivity contribution in [3.05, 3.63) is 40.9 Å². The number of carbonyl (C=O) groups is 1. The van der Waals surface area contributed by atoms with Crippen LogP contribution in [0.3, 0.4) is 0 Å². The average molecular weight is 481 g/mol. The van der Waals surface area contributed by atoms with Crippen molar-refractivity contribution < 1.29 is 27.4 Å². The van der Waals surface area contributed by atoms with Crippen molar-refractivity contribution >= 4 is 33.2 Å². The number of carbonyl (C=O) groups excluding carboxylic acids is 1. The van der Waals surface area contributed by atoms with Crippen molar-refractivity contribution in [1.29, 1.82) is 0 Å². The standard InChI is InChI=1S/C22H25ClN2O6S/c1-14-5-3-4-8-25(14)32(27,28)21-11-15(6-7-18(21)29-2)22(26)24-17-13-20-19(12-16(17)23)30-9-10-31-20/h6-7,11-14H,3-5,8-10H2,1-2H3,(H,24,26)/t14-/m0/s1. The lowest BCUT2D eigenvalue weighted by atomic mass is 10.1. The Labute approximate surface area is 192 Å². The summed E-state index contributed by atoms with van der Waals surface area (Å²) in [6, 6.07) is 7.39. The molecular formula is C22H25ClN2O6S. The normalized spacial score (nSPS) is 18.8. The molecule has 2 aliphatic rings. The summed E-state index contributed by atoms with van der Waals surface area (Å²) in [6.45, 7) is 3.16. The van der Waals surface area contributed by atoms with E-state index >= 15 is 0 Å². The number of hydrogen-bond donors (Lipinski definition) is 1. The fourth-order valence-corrected chi connectivity index (χ4v) is 6.01. The van der Waals surface area contributed by atoms with Crippen LogP contribution in [-0.4, -0.2) is 51.5 Å². The molecule has 4 rings (SSSR count). The Morgan fingerprint density at radius 3 is 2.56 bits per heavy atom. The number of piperidine rings is 1. The molecule has 10 heteroatoms. The number of methoxy groups -OCH3 is 1. The molecule has 1 atom stereocenters. The van der Waals surface area contributed by atoms with Gasteiger partial charge in [0.25, 0.3) is 5.91 Å². The average Bonchev–Trinajstić information content (AvgIpc) is 2.79. The molecule has 172 valence electrons. The number of nitrogens with one attached hydrogen (secondary N) is 1. The Bertz CT molecular complexity index is 1140. The molecule has 1 saturated heterocycles. The molecule has 0 spiro atoms. The highest BCUT2D eigenvalue weighted by molar-refractivity contribution is 7.89. The molecular weight excluding hydrogens is 456 g/mol. The number of fused-ring (bicyclic) bond motifs is 1. The highest BCUT2D eigenvalue weighted by atomic mass is 35.5. The van der Waals surface area contributed by atoms with Crippen molar-refractivity contribution in [3.63, 3.8) is 0 Å². The fourth-order valence-electron chi connectivity index (χ4n) is 3.93. The molecule has 2 aromatic rings. The molecule has 1 N–H and O–H groups in total. The number of hydrogen-bond acceptors (Lipinski definition) is 6. The Balaban J connectivity index is 1.64. The Hall–Kier alpha value is -2.49. The number of benzene rings is 2. The van der Waals surface area contributed by atoms with Gasteiger partial charge < -0.3 is 19.5 Å². The third-order valence-electron chi connectivity index (χ3n) is 5.63. The van der Waals surface area contributed by atoms with Gasteiger partial charge in [0.15, 0.2) is 11.5 Å². The summed E-state index contributed by atoms with van der Waals surface area (Å²) in [7, 11) is -2.43. The van der Waals surface area contributed by atoms with Crippen molar-refractivity contribution in [2.45, 2.75) is 37.1 Å². The van der Waals surface area contributed by atoms with Gasteiger partial charge in [-0.15, -0.1) is 0 Å². The van der Waals surface area contributed by atoms with Crippen LogP contribution in [0.15, 0.2) is 35.2 Å². The summed E-state index contributed by atoms with van der Waals surface area (Å²) >= 11 is 6.29. The number of rotatable bonds is 5. The van der Waals surface area contributed by atoms with E-state index in [0.717, 1.165) is 19.3 Å². The molecule has 2 heterocycles. The van der Waals surface area contributed by atoms with E-state index < -0.39 is 15.9 Å². The van der Waals surface area contributed by atoms with Gasteiger partial charge in [-0.3, -0.25) is 4.79 Å². The van der Waals surface area contributed by atoms with Gasteiger partial charge >= 0.3 is 0 Å². The SMILES string of the molecule is COc1ccc(C(=O)Nc2cc3c(cc2Cl)OCCO3)cc1S(=O)(=O)N1CCCC[C@@H]1C. The number of nitrogens with zero attached hydrogens (tertiary/aromatic N) is 1. The minimum Gasteiger partial charge on any atom is -0.495 e. The molecule has 8 nitrogen and oxygen atoms in total. The summed E-state index contributed by atoms with van der Waals surface area (Å²) < 4.78 is 44.6. The van der Waals surface area contributed by atoms with E-state index in [0.29, 0.717) is 36.9 Å². The summed E-state index contributed by atoms with van der Waals surface area (Å²) in [4.78, 5) is 12.9. The third kappa shape index (κ3) is 4.37. The lowest BCUT2D eigenvalue weighted by Crippen LogP contribution is -2.42. The van der Waals surface area contributed by atoms with Gasteiger partial charge in [-0.2, -0.15) is 4.31 Å². The summed E-state index contributed by atoms with van der Waals surface area (Å²) in [5.41, 5.74) is 0.505. The number of anilines is 1. The number of amides is 1. The van der Waals surface area contributed by atoms with E-state index in [1.807, 2.05) is 6.92 Å². The number of halogens is 1. The monoisotopic (exact) mass is 480 g/mol. The van der Waals surface area contributed by atoms with Gasteiger partial charge in [-0.25, -0.2) is 8.42 Å². The van der Waals surface area contributed by atoms with Gasteiger partial charge in [0.05, 0.1) is 17.8 Å². The van der Waals surface area contributed by atoms with Crippen LogP contribution < -0.4 is 19.5 Å². The zero-order chi connectivity index (χ0) is 22.9. The molecule has 1 amide bonds. The molecule has 1 fully saturated rings. The first-order valence-corrected chi connectivity index (χ1v) is 12.2. The first kappa shape index (κ1) is 22.7. The van der Waals surface area contributed by atoms with Gasteiger partial charge in [0, 0.05) is 30.3 Å². The molecule has 0 bridgehead atoms. The van der Waals surface area contributed by atoms with Crippen molar-refractivity contribution in [1.82, 2.24) is 4.31 Å². The van der Waals surface area contributed by atoms with E-state index in [2.05, 4.69) is 5.32 Å². The van der Waals surface area contributed by atoms with E-state index in [4.69, 9.17) is 25.8 Å². The predicted molar refractivity (Wildman–Crippen MR) is 121 cm³/mol. The second-order valence-corrected chi connectivity index (χ2v) is 10.0. The van der Waals surface area contributed by atoms with E-state index in [9.17, 15) is 13.2 Å². The van der Waals surface area contributed by atoms with Gasteiger partial charge in [0.1, 0.15) is 23.9 Å². The lowest BCUT2D eigenvalue weighted by Gasteiger charge is -2.32. The molecule has 0 aliphatic carbocycles. The Morgan fingerprint density at radius 1 is 1.16 bits per heavy atom. The Kier molecular flexibility index (Phi) is 6.50. The van der Waals surface area contributed by atoms with Crippen LogP contribution in [0.4, 0.5) is 5.69 Å². The third-order valence-corrected chi connectivity index (χ3v) is 7.98. The minimum atomic E-state index is -3.84. The summed E-state index contributed by atoms with van der Waals surface area (Å²) in [6.07, 6.45) is 2.59. The van der Waals surface area contributed by atoms with Crippen LogP contribution in [0.25, 0.3) is 0 Å². The molecule has 32 heavy (non-hydrogen) atoms. The smallest absolute Gasteiger partial charge is 0.255 e. The summed E-state index contributed by atoms with van der Waals surface area (Å²) in [5.74, 6) is 0.673. The van der Waals surface area contributed by atoms with Crippen LogP contribution in [-0.2, 0) is 10.0 Å². The van der Waals surface area contributed by atoms with Crippen LogP contribution >= 0.6 is 11.6 Å². The molecule has 2 aliphatic heterocycles. The quantitative estimate of drug-likeness (QED) is 0.696. The largest absolute Gasteiger partial charge is 0.495 e. The topological polar surface area (TPSA) is 94.2 Å². The number of ether oxygens (including phenoxy) is 3. The Morgan fingerprint density at radius 2 is 1.88 bits per heavy atom. The molecule has 0 aromatic heterocycles. The van der Waals surface area contributed by atoms with Crippen LogP contribution in [0, 0.1) is 0 Å². The van der Waals surface area contributed by atoms with Gasteiger partial charge in [0.2, 0.25) is 10.0 Å². The van der Waals surface area contributed by atoms with E-state index in [1.165, 1.54) is 29.6 Å². The predicted octanol–water partition coefficient (Wildman–Crippen LogP) is 3.94. The van der Waals surface area contributed by atoms with Gasteiger partial charge in [-0.1, -0.05) is 18.0 Å². The first-order valence-electron chi connectivity index (χ1n) is 10.4. The first-order chi connectivity index (χ1) is 15.3. The lowest BCUT2D eigenvalue weighted by molar-refractivity contribution is 0.102. The van der Waals surface area contributed by atoms with Crippen molar-refractivity contribution in [2.75, 3.05) is 32.2 Å². The van der Waals surface area contributed by atoms with Crippen molar-refractivity contribution in [3.8, 4) is 17.2 Å². The highest BCUT2D eigenvalue weighted by Crippen LogP contribution is 2.38. The summed E-state index contributed by atoms with van der Waals surface area (Å²) in [5, 5.41) is 3.01. The number of sulfonamides is 1. The van der Waals surface area contributed by atoms with E-state index in [1.54, 1.807) is 12.1 Å². The van der Waals surface area contributed by atoms with Crippen LogP contribution in [0.1, 0.15) is 36.5 Å². The maximum Gasteiger partial charge on any atom is 0.255 e.